The van der Waals surface area contributed by atoms with Crippen molar-refractivity contribution < 1.29 is 4.52 Å². The molecule has 0 fully saturated rings. The van der Waals surface area contributed by atoms with Crippen LogP contribution in [0.25, 0.3) is 0 Å². The smallest absolute Gasteiger partial charge is 0.319 e. The fourth-order valence-electron chi connectivity index (χ4n) is 0.668. The maximum Gasteiger partial charge on any atom is 0.459 e. The summed E-state index contributed by atoms with van der Waals surface area (Å²) in [6.45, 7) is 1.91. The summed E-state index contributed by atoms with van der Waals surface area (Å²) < 4.78 is 5.93. The monoisotopic (exact) mass is 128 g/mol. The fourth-order valence-corrected chi connectivity index (χ4v) is 0.668. The summed E-state index contributed by atoms with van der Waals surface area (Å²) >= 11 is 0. The average Bonchev–Trinajstić information content (AvgIpc) is 2.10. The van der Waals surface area contributed by atoms with Crippen LogP contribution in [-0.4, -0.2) is 9.72 Å². The predicted molar refractivity (Wildman–Crippen MR) is 31.1 cm³/mol. The third-order valence-electron chi connectivity index (χ3n) is 1.12. The van der Waals surface area contributed by atoms with Gasteiger partial charge in [-0.2, -0.15) is 9.72 Å². The zero-order chi connectivity index (χ0) is 6.85. The Labute approximate surface area is 52.1 Å². The van der Waals surface area contributed by atoms with Gasteiger partial charge in [0, 0.05) is 13.5 Å². The van der Waals surface area contributed by atoms with E-state index in [1.54, 1.807) is 7.05 Å². The molecule has 0 saturated carbocycles. The van der Waals surface area contributed by atoms with Crippen molar-refractivity contribution in [1.82, 2.24) is 9.72 Å². The van der Waals surface area contributed by atoms with Crippen LogP contribution in [0.3, 0.4) is 0 Å². The molecule has 50 valence electrons. The van der Waals surface area contributed by atoms with Crippen LogP contribution in [0.4, 0.5) is 0 Å². The van der Waals surface area contributed by atoms with Gasteiger partial charge >= 0.3 is 5.76 Å². The molecular weight excluding hydrogens is 120 g/mol. The summed E-state index contributed by atoms with van der Waals surface area (Å²) in [4.78, 5) is 13.9. The van der Waals surface area contributed by atoms with E-state index >= 15 is 0 Å². The van der Waals surface area contributed by atoms with Crippen LogP contribution >= 0.6 is 0 Å². The maximum absolute atomic E-state index is 10.4. The predicted octanol–water partition coefficient (Wildman–Crippen LogP) is -0.0643. The molecule has 0 radical (unpaired) electrons. The lowest BCUT2D eigenvalue weighted by molar-refractivity contribution is 0.276. The first kappa shape index (κ1) is 6.07. The minimum atomic E-state index is -0.519. The highest BCUT2D eigenvalue weighted by atomic mass is 16.5. The molecule has 1 rings (SSSR count). The highest BCUT2D eigenvalue weighted by Crippen LogP contribution is 1.88. The molecule has 0 bridgehead atoms. The van der Waals surface area contributed by atoms with Gasteiger partial charge in [-0.05, 0) is 0 Å². The third kappa shape index (κ3) is 1.01. The van der Waals surface area contributed by atoms with E-state index in [9.17, 15) is 4.79 Å². The molecule has 0 N–H and O–H groups in total. The third-order valence-corrected chi connectivity index (χ3v) is 1.12. The van der Waals surface area contributed by atoms with E-state index in [1.165, 1.54) is 4.74 Å². The van der Waals surface area contributed by atoms with Crippen LogP contribution in [0.1, 0.15) is 12.7 Å². The second-order valence-corrected chi connectivity index (χ2v) is 1.74. The summed E-state index contributed by atoms with van der Waals surface area (Å²) in [5.74, 6) is 0.161. The Morgan fingerprint density at radius 1 is 1.78 bits per heavy atom. The molecule has 0 spiro atoms. The highest BCUT2D eigenvalue weighted by molar-refractivity contribution is 4.78. The van der Waals surface area contributed by atoms with E-state index < -0.39 is 5.76 Å². The van der Waals surface area contributed by atoms with E-state index in [1.807, 2.05) is 6.92 Å². The quantitative estimate of drug-likeness (QED) is 0.532. The molecule has 1 aromatic heterocycles. The minimum absolute atomic E-state index is 0.519. The zero-order valence-corrected chi connectivity index (χ0v) is 5.42. The summed E-state index contributed by atoms with van der Waals surface area (Å²) in [6.07, 6.45) is 0.724. The van der Waals surface area contributed by atoms with Crippen LogP contribution in [0, 0.1) is 0 Å². The van der Waals surface area contributed by atoms with Crippen molar-refractivity contribution in [2.75, 3.05) is 0 Å². The van der Waals surface area contributed by atoms with Gasteiger partial charge in [-0.25, -0.2) is 4.79 Å². The van der Waals surface area contributed by atoms with Crippen molar-refractivity contribution >= 4 is 0 Å². The molecule has 0 aliphatic carbocycles. The van der Waals surface area contributed by atoms with Crippen LogP contribution in [0.5, 0.6) is 0 Å². The second kappa shape index (κ2) is 2.05. The molecule has 9 heavy (non-hydrogen) atoms. The number of aromatic nitrogens is 2. The van der Waals surface area contributed by atoms with Gasteiger partial charge < -0.3 is 4.52 Å². The highest BCUT2D eigenvalue weighted by Gasteiger charge is 1.99. The minimum Gasteiger partial charge on any atom is -0.319 e. The summed E-state index contributed by atoms with van der Waals surface area (Å²) in [7, 11) is 1.66. The van der Waals surface area contributed by atoms with Crippen molar-refractivity contribution in [3.05, 3.63) is 16.4 Å². The molecule has 4 nitrogen and oxygen atoms in total. The summed E-state index contributed by atoms with van der Waals surface area (Å²) in [5, 5.41) is 0. The second-order valence-electron chi connectivity index (χ2n) is 1.74. The number of rotatable bonds is 1. The Hall–Kier alpha value is -1.06. The molecule has 0 unspecified atom stereocenters. The van der Waals surface area contributed by atoms with E-state index in [0.29, 0.717) is 5.82 Å². The molecular formula is C5H8N2O2. The molecule has 0 saturated heterocycles. The lowest BCUT2D eigenvalue weighted by Crippen LogP contribution is -1.95. The Morgan fingerprint density at radius 2 is 2.44 bits per heavy atom. The van der Waals surface area contributed by atoms with Crippen LogP contribution in [-0.2, 0) is 13.5 Å². The van der Waals surface area contributed by atoms with Gasteiger partial charge in [0.05, 0.1) is 0 Å². The molecule has 1 aromatic rings. The SMILES string of the molecule is CCc1nc(=O)on1C. The standard InChI is InChI=1S/C5H8N2O2/c1-3-4-6-5(8)9-7(4)2/h3H2,1-2H3. The molecule has 4 heteroatoms. The van der Waals surface area contributed by atoms with Crippen molar-refractivity contribution in [1.29, 1.82) is 0 Å². The lowest BCUT2D eigenvalue weighted by Gasteiger charge is -1.88. The van der Waals surface area contributed by atoms with Gasteiger partial charge in [0.25, 0.3) is 0 Å². The van der Waals surface area contributed by atoms with Gasteiger partial charge in [0.2, 0.25) is 0 Å². The van der Waals surface area contributed by atoms with Gasteiger partial charge in [-0.3, -0.25) is 0 Å². The van der Waals surface area contributed by atoms with Crippen molar-refractivity contribution in [3.63, 3.8) is 0 Å². The Balaban J connectivity index is 3.16. The Bertz CT molecular complexity index is 248. The summed E-state index contributed by atoms with van der Waals surface area (Å²) in [6, 6.07) is 0. The fraction of sp³-hybridized carbons (Fsp3) is 0.600. The van der Waals surface area contributed by atoms with Crippen molar-refractivity contribution in [2.24, 2.45) is 7.05 Å². The number of hydrogen-bond acceptors (Lipinski definition) is 3. The first-order chi connectivity index (χ1) is 4.24. The molecule has 0 aromatic carbocycles. The van der Waals surface area contributed by atoms with Gasteiger partial charge in [0.15, 0.2) is 0 Å². The topological polar surface area (TPSA) is 48.0 Å². The van der Waals surface area contributed by atoms with Crippen molar-refractivity contribution in [2.45, 2.75) is 13.3 Å². The summed E-state index contributed by atoms with van der Waals surface area (Å²) in [5.41, 5.74) is 0. The van der Waals surface area contributed by atoms with E-state index in [-0.39, 0.29) is 0 Å². The molecule has 0 atom stereocenters. The van der Waals surface area contributed by atoms with Gasteiger partial charge in [-0.1, -0.05) is 6.92 Å². The Morgan fingerprint density at radius 3 is 2.67 bits per heavy atom. The number of hydrogen-bond donors (Lipinski definition) is 0. The first-order valence-corrected chi connectivity index (χ1v) is 2.77. The lowest BCUT2D eigenvalue weighted by atomic mass is 10.5. The molecule has 0 aliphatic heterocycles. The normalized spacial score (nSPS) is 10.0. The molecule has 0 aliphatic rings. The van der Waals surface area contributed by atoms with E-state index in [0.717, 1.165) is 6.42 Å². The first-order valence-electron chi connectivity index (χ1n) is 2.77. The Kier molecular flexibility index (Phi) is 1.38. The molecule has 1 heterocycles. The largest absolute Gasteiger partial charge is 0.459 e. The number of aryl methyl sites for hydroxylation is 2. The van der Waals surface area contributed by atoms with Crippen LogP contribution in [0.2, 0.25) is 0 Å². The van der Waals surface area contributed by atoms with Crippen molar-refractivity contribution in [3.8, 4) is 0 Å². The molecule has 0 amide bonds. The van der Waals surface area contributed by atoms with Gasteiger partial charge in [-0.15, -0.1) is 0 Å². The van der Waals surface area contributed by atoms with Gasteiger partial charge in [0.1, 0.15) is 5.82 Å². The van der Waals surface area contributed by atoms with Crippen LogP contribution < -0.4 is 5.76 Å². The van der Waals surface area contributed by atoms with E-state index in [2.05, 4.69) is 9.51 Å². The number of nitrogens with zero attached hydrogens (tertiary/aromatic N) is 2. The van der Waals surface area contributed by atoms with E-state index in [4.69, 9.17) is 0 Å². The maximum atomic E-state index is 10.4. The average molecular weight is 128 g/mol. The van der Waals surface area contributed by atoms with Crippen LogP contribution in [0.15, 0.2) is 9.32 Å². The zero-order valence-electron chi connectivity index (χ0n) is 5.42.